The first-order chi connectivity index (χ1) is 11.4. The molecule has 0 aliphatic carbocycles. The zero-order chi connectivity index (χ0) is 17.7. The number of sulfonamides is 1. The fourth-order valence-electron chi connectivity index (χ4n) is 3.02. The summed E-state index contributed by atoms with van der Waals surface area (Å²) in [6, 6.07) is 7.52. The normalized spacial score (nSPS) is 17.0. The van der Waals surface area contributed by atoms with Gasteiger partial charge in [0.15, 0.2) is 0 Å². The van der Waals surface area contributed by atoms with E-state index in [1.54, 1.807) is 6.92 Å². The van der Waals surface area contributed by atoms with Gasteiger partial charge in [-0.1, -0.05) is 23.7 Å². The van der Waals surface area contributed by atoms with Crippen LogP contribution in [-0.4, -0.2) is 48.9 Å². The van der Waals surface area contributed by atoms with Crippen molar-refractivity contribution < 1.29 is 13.2 Å². The molecule has 0 aromatic heterocycles. The molecular weight excluding hydrogens is 348 g/mol. The molecular formula is C17H25ClN2O3S. The van der Waals surface area contributed by atoms with Gasteiger partial charge in [-0.25, -0.2) is 12.7 Å². The molecule has 1 aliphatic rings. The van der Waals surface area contributed by atoms with Crippen molar-refractivity contribution in [1.29, 1.82) is 0 Å². The molecule has 24 heavy (non-hydrogen) atoms. The van der Waals surface area contributed by atoms with Gasteiger partial charge in [-0.15, -0.1) is 0 Å². The van der Waals surface area contributed by atoms with Crippen LogP contribution >= 0.6 is 11.6 Å². The minimum atomic E-state index is -3.16. The van der Waals surface area contributed by atoms with E-state index in [9.17, 15) is 13.2 Å². The van der Waals surface area contributed by atoms with Crippen LogP contribution < -0.4 is 0 Å². The van der Waals surface area contributed by atoms with Crippen LogP contribution in [0.5, 0.6) is 0 Å². The van der Waals surface area contributed by atoms with E-state index in [2.05, 4.69) is 0 Å². The number of hydrogen-bond acceptors (Lipinski definition) is 3. The smallest absolute Gasteiger partial charge is 0.226 e. The number of benzene rings is 1. The van der Waals surface area contributed by atoms with Gasteiger partial charge in [-0.05, 0) is 44.4 Å². The highest BCUT2D eigenvalue weighted by atomic mass is 35.5. The van der Waals surface area contributed by atoms with Crippen molar-refractivity contribution >= 4 is 27.5 Å². The van der Waals surface area contributed by atoms with Crippen molar-refractivity contribution in [2.75, 3.05) is 25.4 Å². The Balaban J connectivity index is 1.97. The molecule has 0 bridgehead atoms. The first-order valence-corrected chi connectivity index (χ1v) is 10.4. The lowest BCUT2D eigenvalue weighted by Gasteiger charge is -2.33. The zero-order valence-electron chi connectivity index (χ0n) is 14.2. The summed E-state index contributed by atoms with van der Waals surface area (Å²) in [5.74, 6) is 0.111. The van der Waals surface area contributed by atoms with Gasteiger partial charge in [0.05, 0.1) is 5.75 Å². The standard InChI is InChI=1S/C17H25ClN2O3S/c1-3-19(13-14-6-5-7-16(18)12-14)17(21)15-8-10-20(11-9-15)24(22,23)4-2/h5-7,12,15H,3-4,8-11,13H2,1-2H3. The molecule has 0 radical (unpaired) electrons. The number of carbonyl (C=O) groups is 1. The SMILES string of the molecule is CCN(Cc1cccc(Cl)c1)C(=O)C1CCN(S(=O)(=O)CC)CC1. The third kappa shape index (κ3) is 4.71. The monoisotopic (exact) mass is 372 g/mol. The van der Waals surface area contributed by atoms with Gasteiger partial charge in [-0.2, -0.15) is 0 Å². The van der Waals surface area contributed by atoms with E-state index < -0.39 is 10.0 Å². The molecule has 0 saturated carbocycles. The van der Waals surface area contributed by atoms with E-state index in [1.807, 2.05) is 36.1 Å². The summed E-state index contributed by atoms with van der Waals surface area (Å²) in [6.45, 7) is 5.63. The Hall–Kier alpha value is -1.11. The third-order valence-electron chi connectivity index (χ3n) is 4.52. The summed E-state index contributed by atoms with van der Waals surface area (Å²) in [5, 5.41) is 0.661. The van der Waals surface area contributed by atoms with Crippen molar-refractivity contribution in [1.82, 2.24) is 9.21 Å². The topological polar surface area (TPSA) is 57.7 Å². The highest BCUT2D eigenvalue weighted by Gasteiger charge is 2.31. The molecule has 1 aliphatic heterocycles. The molecule has 1 fully saturated rings. The van der Waals surface area contributed by atoms with Gasteiger partial charge < -0.3 is 4.90 Å². The average Bonchev–Trinajstić information content (AvgIpc) is 2.59. The van der Waals surface area contributed by atoms with Crippen LogP contribution in [0, 0.1) is 5.92 Å². The summed E-state index contributed by atoms with van der Waals surface area (Å²) in [4.78, 5) is 14.6. The second-order valence-corrected chi connectivity index (χ2v) is 8.75. The number of piperidine rings is 1. The Kier molecular flexibility index (Phi) is 6.66. The van der Waals surface area contributed by atoms with E-state index in [4.69, 9.17) is 11.6 Å². The lowest BCUT2D eigenvalue weighted by atomic mass is 9.96. The Morgan fingerprint density at radius 3 is 2.50 bits per heavy atom. The van der Waals surface area contributed by atoms with Gasteiger partial charge in [0.25, 0.3) is 0 Å². The minimum absolute atomic E-state index is 0.103. The summed E-state index contributed by atoms with van der Waals surface area (Å²) in [7, 11) is -3.16. The summed E-state index contributed by atoms with van der Waals surface area (Å²) >= 11 is 6.01. The van der Waals surface area contributed by atoms with E-state index in [0.717, 1.165) is 5.56 Å². The molecule has 1 aromatic carbocycles. The van der Waals surface area contributed by atoms with Crippen LogP contribution in [-0.2, 0) is 21.4 Å². The fraction of sp³-hybridized carbons (Fsp3) is 0.588. The first-order valence-electron chi connectivity index (χ1n) is 8.38. The number of halogens is 1. The molecule has 1 amide bonds. The van der Waals surface area contributed by atoms with Gasteiger partial charge in [0, 0.05) is 37.1 Å². The van der Waals surface area contributed by atoms with Crippen molar-refractivity contribution in [2.24, 2.45) is 5.92 Å². The van der Waals surface area contributed by atoms with Gasteiger partial charge in [-0.3, -0.25) is 4.79 Å². The Labute approximate surface area is 149 Å². The van der Waals surface area contributed by atoms with Crippen molar-refractivity contribution in [3.05, 3.63) is 34.9 Å². The van der Waals surface area contributed by atoms with E-state index >= 15 is 0 Å². The van der Waals surface area contributed by atoms with Crippen LogP contribution in [0.4, 0.5) is 0 Å². The van der Waals surface area contributed by atoms with E-state index in [0.29, 0.717) is 44.0 Å². The second kappa shape index (κ2) is 8.32. The minimum Gasteiger partial charge on any atom is -0.338 e. The molecule has 1 heterocycles. The number of rotatable bonds is 6. The average molecular weight is 373 g/mol. The highest BCUT2D eigenvalue weighted by molar-refractivity contribution is 7.89. The van der Waals surface area contributed by atoms with Gasteiger partial charge in [0.2, 0.25) is 15.9 Å². The van der Waals surface area contributed by atoms with Crippen LogP contribution in [0.15, 0.2) is 24.3 Å². The lowest BCUT2D eigenvalue weighted by Crippen LogP contribution is -2.44. The predicted molar refractivity (Wildman–Crippen MR) is 96.3 cm³/mol. The molecule has 2 rings (SSSR count). The maximum atomic E-state index is 12.8. The van der Waals surface area contributed by atoms with E-state index in [1.165, 1.54) is 4.31 Å². The summed E-state index contributed by atoms with van der Waals surface area (Å²) < 4.78 is 25.3. The quantitative estimate of drug-likeness (QED) is 0.771. The van der Waals surface area contributed by atoms with Crippen molar-refractivity contribution in [2.45, 2.75) is 33.2 Å². The van der Waals surface area contributed by atoms with Crippen LogP contribution in [0.2, 0.25) is 5.02 Å². The predicted octanol–water partition coefficient (Wildman–Crippen LogP) is 2.75. The molecule has 0 atom stereocenters. The van der Waals surface area contributed by atoms with Crippen molar-refractivity contribution in [3.63, 3.8) is 0 Å². The molecule has 5 nitrogen and oxygen atoms in total. The maximum Gasteiger partial charge on any atom is 0.226 e. The molecule has 1 aromatic rings. The Bertz CT molecular complexity index is 670. The molecule has 1 saturated heterocycles. The number of carbonyl (C=O) groups excluding carboxylic acids is 1. The largest absolute Gasteiger partial charge is 0.338 e. The van der Waals surface area contributed by atoms with E-state index in [-0.39, 0.29) is 17.6 Å². The number of amides is 1. The number of nitrogens with zero attached hydrogens (tertiary/aromatic N) is 2. The van der Waals surface area contributed by atoms with Crippen LogP contribution in [0.25, 0.3) is 0 Å². The first kappa shape index (κ1) is 19.2. The van der Waals surface area contributed by atoms with Crippen LogP contribution in [0.1, 0.15) is 32.3 Å². The zero-order valence-corrected chi connectivity index (χ0v) is 15.8. The lowest BCUT2D eigenvalue weighted by molar-refractivity contribution is -0.137. The van der Waals surface area contributed by atoms with Gasteiger partial charge >= 0.3 is 0 Å². The molecule has 7 heteroatoms. The summed E-state index contributed by atoms with van der Waals surface area (Å²) in [6.07, 6.45) is 1.17. The molecule has 134 valence electrons. The second-order valence-electron chi connectivity index (χ2n) is 6.06. The number of hydrogen-bond donors (Lipinski definition) is 0. The third-order valence-corrected chi connectivity index (χ3v) is 6.63. The Morgan fingerprint density at radius 2 is 1.96 bits per heavy atom. The molecule has 0 unspecified atom stereocenters. The van der Waals surface area contributed by atoms with Crippen molar-refractivity contribution in [3.8, 4) is 0 Å². The Morgan fingerprint density at radius 1 is 1.29 bits per heavy atom. The molecule has 0 spiro atoms. The fourth-order valence-corrected chi connectivity index (χ4v) is 4.37. The maximum absolute atomic E-state index is 12.8. The summed E-state index contributed by atoms with van der Waals surface area (Å²) in [5.41, 5.74) is 1.00. The van der Waals surface area contributed by atoms with Gasteiger partial charge in [0.1, 0.15) is 0 Å². The van der Waals surface area contributed by atoms with Crippen LogP contribution in [0.3, 0.4) is 0 Å². The molecule has 0 N–H and O–H groups in total. The highest BCUT2D eigenvalue weighted by Crippen LogP contribution is 2.23.